The molecule has 5 heteroatoms. The number of fused-ring (bicyclic) bond motifs is 1. The van der Waals surface area contributed by atoms with Crippen LogP contribution in [0.5, 0.6) is 0 Å². The smallest absolute Gasteiger partial charge is 0.408 e. The van der Waals surface area contributed by atoms with E-state index in [1.807, 2.05) is 19.2 Å². The number of rotatable bonds is 3. The summed E-state index contributed by atoms with van der Waals surface area (Å²) in [7, 11) is 3.66. The van der Waals surface area contributed by atoms with Crippen LogP contribution in [0.3, 0.4) is 0 Å². The van der Waals surface area contributed by atoms with Gasteiger partial charge in [0.2, 0.25) is 0 Å². The van der Waals surface area contributed by atoms with Crippen LogP contribution in [0.4, 0.5) is 5.69 Å². The average molecular weight is 257 g/mol. The number of oxazole rings is 1. The molecule has 1 saturated carbocycles. The van der Waals surface area contributed by atoms with Crippen LogP contribution in [0, 0.1) is 16.7 Å². The van der Waals surface area contributed by atoms with Crippen molar-refractivity contribution < 1.29 is 4.42 Å². The van der Waals surface area contributed by atoms with E-state index >= 15 is 0 Å². The monoisotopic (exact) mass is 257 g/mol. The van der Waals surface area contributed by atoms with Gasteiger partial charge in [-0.3, -0.25) is 4.57 Å². The summed E-state index contributed by atoms with van der Waals surface area (Å²) in [6, 6.07) is 8.03. The number of hydrogen-bond acceptors (Lipinski definition) is 4. The van der Waals surface area contributed by atoms with Crippen molar-refractivity contribution in [2.75, 3.05) is 18.5 Å². The van der Waals surface area contributed by atoms with Crippen LogP contribution in [0.25, 0.3) is 11.1 Å². The number of aryl methyl sites for hydroxylation is 1. The molecule has 1 fully saturated rings. The maximum Gasteiger partial charge on any atom is 0.419 e. The molecule has 0 aliphatic heterocycles. The topological polar surface area (TPSA) is 62.2 Å². The number of aromatic nitrogens is 1. The summed E-state index contributed by atoms with van der Waals surface area (Å²) in [4.78, 5) is 13.5. The van der Waals surface area contributed by atoms with Gasteiger partial charge in [0.15, 0.2) is 5.58 Å². The second-order valence-electron chi connectivity index (χ2n) is 5.33. The van der Waals surface area contributed by atoms with Gasteiger partial charge in [0.1, 0.15) is 0 Å². The molecule has 1 aliphatic carbocycles. The molecular formula is C14H15N3O2. The van der Waals surface area contributed by atoms with Gasteiger partial charge in [-0.05, 0) is 31.0 Å². The van der Waals surface area contributed by atoms with Crippen molar-refractivity contribution in [2.45, 2.75) is 12.8 Å². The fourth-order valence-corrected chi connectivity index (χ4v) is 2.35. The molecule has 0 bridgehead atoms. The highest BCUT2D eigenvalue weighted by atomic mass is 16.4. The number of nitriles is 1. The maximum atomic E-state index is 11.4. The molecule has 1 aromatic heterocycles. The fourth-order valence-electron chi connectivity index (χ4n) is 2.35. The van der Waals surface area contributed by atoms with E-state index in [0.29, 0.717) is 5.58 Å². The van der Waals surface area contributed by atoms with Gasteiger partial charge in [-0.25, -0.2) is 4.79 Å². The Kier molecular flexibility index (Phi) is 2.42. The summed E-state index contributed by atoms with van der Waals surface area (Å²) in [5, 5.41) is 9.13. The second-order valence-corrected chi connectivity index (χ2v) is 5.33. The Morgan fingerprint density at radius 3 is 2.89 bits per heavy atom. The van der Waals surface area contributed by atoms with Crippen LogP contribution in [0.2, 0.25) is 0 Å². The van der Waals surface area contributed by atoms with E-state index in [9.17, 15) is 4.79 Å². The predicted molar refractivity (Wildman–Crippen MR) is 72.0 cm³/mol. The third-order valence-electron chi connectivity index (χ3n) is 3.85. The van der Waals surface area contributed by atoms with Crippen LogP contribution < -0.4 is 10.7 Å². The molecule has 0 amide bonds. The van der Waals surface area contributed by atoms with Crippen molar-refractivity contribution >= 4 is 16.8 Å². The van der Waals surface area contributed by atoms with Gasteiger partial charge in [0.05, 0.1) is 17.0 Å². The first kappa shape index (κ1) is 11.8. The van der Waals surface area contributed by atoms with Crippen molar-refractivity contribution in [2.24, 2.45) is 12.5 Å². The second kappa shape index (κ2) is 3.89. The van der Waals surface area contributed by atoms with Gasteiger partial charge in [-0.2, -0.15) is 5.26 Å². The third-order valence-corrected chi connectivity index (χ3v) is 3.85. The van der Waals surface area contributed by atoms with E-state index in [1.54, 1.807) is 13.1 Å². The quantitative estimate of drug-likeness (QED) is 0.842. The molecule has 0 unspecified atom stereocenters. The van der Waals surface area contributed by atoms with E-state index in [0.717, 1.165) is 30.6 Å². The first-order chi connectivity index (χ1) is 9.04. The number of hydrogen-bond donors (Lipinski definition) is 0. The minimum Gasteiger partial charge on any atom is -0.408 e. The molecule has 0 N–H and O–H groups in total. The molecule has 1 aliphatic rings. The summed E-state index contributed by atoms with van der Waals surface area (Å²) in [6.45, 7) is 0.723. The highest BCUT2D eigenvalue weighted by molar-refractivity contribution is 5.77. The maximum absolute atomic E-state index is 11.4. The molecule has 98 valence electrons. The lowest BCUT2D eigenvalue weighted by molar-refractivity contribution is 0.528. The zero-order valence-corrected chi connectivity index (χ0v) is 11.0. The highest BCUT2D eigenvalue weighted by Gasteiger charge is 2.44. The van der Waals surface area contributed by atoms with Gasteiger partial charge < -0.3 is 9.32 Å². The molecule has 1 heterocycles. The molecule has 19 heavy (non-hydrogen) atoms. The Hall–Kier alpha value is -2.22. The minimum atomic E-state index is -0.356. The van der Waals surface area contributed by atoms with Crippen LogP contribution in [-0.2, 0) is 7.05 Å². The van der Waals surface area contributed by atoms with Gasteiger partial charge in [0.25, 0.3) is 0 Å². The summed E-state index contributed by atoms with van der Waals surface area (Å²) in [5.41, 5.74) is 2.18. The van der Waals surface area contributed by atoms with Crippen molar-refractivity contribution in [1.82, 2.24) is 4.57 Å². The summed E-state index contributed by atoms with van der Waals surface area (Å²) in [5.74, 6) is -0.356. The van der Waals surface area contributed by atoms with E-state index in [-0.39, 0.29) is 11.2 Å². The molecule has 1 aromatic carbocycles. The van der Waals surface area contributed by atoms with Crippen LogP contribution in [0.1, 0.15) is 12.8 Å². The first-order valence-corrected chi connectivity index (χ1v) is 6.27. The molecule has 2 aromatic rings. The standard InChI is InChI=1S/C14H15N3O2/c1-16(9-14(8-15)5-6-14)10-3-4-12-11(7-10)17(2)13(18)19-12/h3-4,7H,5-6,9H2,1-2H3. The van der Waals surface area contributed by atoms with E-state index in [2.05, 4.69) is 11.0 Å². The Labute approximate surface area is 110 Å². The lowest BCUT2D eigenvalue weighted by Gasteiger charge is -2.21. The molecule has 0 radical (unpaired) electrons. The summed E-state index contributed by atoms with van der Waals surface area (Å²) >= 11 is 0. The highest BCUT2D eigenvalue weighted by Crippen LogP contribution is 2.45. The first-order valence-electron chi connectivity index (χ1n) is 6.27. The Morgan fingerprint density at radius 1 is 1.53 bits per heavy atom. The van der Waals surface area contributed by atoms with Crippen molar-refractivity contribution in [3.63, 3.8) is 0 Å². The minimum absolute atomic E-state index is 0.175. The Balaban J connectivity index is 1.95. The van der Waals surface area contributed by atoms with E-state index < -0.39 is 0 Å². The molecule has 3 rings (SSSR count). The number of nitrogens with zero attached hydrogens (tertiary/aromatic N) is 3. The third kappa shape index (κ3) is 1.89. The van der Waals surface area contributed by atoms with Crippen LogP contribution in [0.15, 0.2) is 27.4 Å². The van der Waals surface area contributed by atoms with Crippen LogP contribution in [-0.4, -0.2) is 18.2 Å². The van der Waals surface area contributed by atoms with Crippen molar-refractivity contribution in [3.8, 4) is 6.07 Å². The number of benzene rings is 1. The zero-order chi connectivity index (χ0) is 13.6. The van der Waals surface area contributed by atoms with E-state index in [4.69, 9.17) is 9.68 Å². The molecular weight excluding hydrogens is 242 g/mol. The molecule has 0 saturated heterocycles. The normalized spacial score (nSPS) is 16.3. The molecule has 0 atom stereocenters. The van der Waals surface area contributed by atoms with E-state index in [1.165, 1.54) is 4.57 Å². The molecule has 5 nitrogen and oxygen atoms in total. The Morgan fingerprint density at radius 2 is 2.26 bits per heavy atom. The summed E-state index contributed by atoms with van der Waals surface area (Å²) in [6.07, 6.45) is 1.95. The zero-order valence-electron chi connectivity index (χ0n) is 11.0. The predicted octanol–water partition coefficient (Wildman–Crippen LogP) is 1.87. The summed E-state index contributed by atoms with van der Waals surface area (Å²) < 4.78 is 6.59. The van der Waals surface area contributed by atoms with Gasteiger partial charge in [-0.1, -0.05) is 0 Å². The van der Waals surface area contributed by atoms with Gasteiger partial charge in [0, 0.05) is 26.3 Å². The van der Waals surface area contributed by atoms with Crippen molar-refractivity contribution in [3.05, 3.63) is 28.7 Å². The van der Waals surface area contributed by atoms with Crippen molar-refractivity contribution in [1.29, 1.82) is 5.26 Å². The van der Waals surface area contributed by atoms with Gasteiger partial charge >= 0.3 is 5.76 Å². The SMILES string of the molecule is CN(CC1(C#N)CC1)c1ccc2oc(=O)n(C)c2c1. The van der Waals surface area contributed by atoms with Gasteiger partial charge in [-0.15, -0.1) is 0 Å². The largest absolute Gasteiger partial charge is 0.419 e. The lowest BCUT2D eigenvalue weighted by Crippen LogP contribution is -2.25. The number of anilines is 1. The fraction of sp³-hybridized carbons (Fsp3) is 0.429. The molecule has 0 spiro atoms. The average Bonchev–Trinajstić information content (AvgIpc) is 3.12. The van der Waals surface area contributed by atoms with Crippen LogP contribution >= 0.6 is 0 Å². The Bertz CT molecular complexity index is 731. The lowest BCUT2D eigenvalue weighted by atomic mass is 10.1.